The van der Waals surface area contributed by atoms with Gasteiger partial charge < -0.3 is 0 Å². The topological polar surface area (TPSA) is 34.1 Å². The third-order valence-electron chi connectivity index (χ3n) is 1.30. The van der Waals surface area contributed by atoms with E-state index in [1.165, 1.54) is 4.99 Å². The van der Waals surface area contributed by atoms with E-state index in [0.29, 0.717) is 4.90 Å². The summed E-state index contributed by atoms with van der Waals surface area (Å²) in [6.45, 7) is 0. The van der Waals surface area contributed by atoms with Crippen LogP contribution >= 0.6 is 15.9 Å². The Morgan fingerprint density at radius 3 is 2.25 bits per heavy atom. The van der Waals surface area contributed by atoms with Gasteiger partial charge in [-0.3, -0.25) is 0 Å². The maximum atomic E-state index is 11.3. The molecule has 2 nitrogen and oxygen atoms in total. The SMILES string of the molecule is O=S(=O)(/C=C/Br)c1ccccc1. The molecule has 0 radical (unpaired) electrons. The third kappa shape index (κ3) is 2.19. The van der Waals surface area contributed by atoms with Gasteiger partial charge >= 0.3 is 0 Å². The Morgan fingerprint density at radius 1 is 1.17 bits per heavy atom. The number of rotatable bonds is 2. The molecule has 0 saturated heterocycles. The van der Waals surface area contributed by atoms with Crippen molar-refractivity contribution in [3.05, 3.63) is 40.7 Å². The average molecular weight is 247 g/mol. The molecule has 0 spiro atoms. The molecule has 0 fully saturated rings. The van der Waals surface area contributed by atoms with E-state index in [9.17, 15) is 8.42 Å². The summed E-state index contributed by atoms with van der Waals surface area (Å²) in [5.74, 6) is 0. The minimum absolute atomic E-state index is 0.306. The molecule has 0 aromatic heterocycles. The van der Waals surface area contributed by atoms with Crippen LogP contribution in [0.1, 0.15) is 0 Å². The molecule has 1 rings (SSSR count). The quantitative estimate of drug-likeness (QED) is 0.803. The zero-order chi connectivity index (χ0) is 9.03. The van der Waals surface area contributed by atoms with Crippen LogP contribution in [-0.2, 0) is 9.84 Å². The predicted molar refractivity (Wildman–Crippen MR) is 51.7 cm³/mol. The zero-order valence-electron chi connectivity index (χ0n) is 6.14. The Morgan fingerprint density at radius 2 is 1.75 bits per heavy atom. The van der Waals surface area contributed by atoms with Gasteiger partial charge in [0.25, 0.3) is 0 Å². The Hall–Kier alpha value is -0.610. The largest absolute Gasteiger partial charge is 0.219 e. The lowest BCUT2D eigenvalue weighted by Crippen LogP contribution is -1.94. The van der Waals surface area contributed by atoms with Crippen LogP contribution in [0, 0.1) is 0 Å². The number of halogens is 1. The second-order valence-corrected chi connectivity index (χ2v) is 4.48. The summed E-state index contributed by atoms with van der Waals surface area (Å²) < 4.78 is 22.6. The molecule has 1 aromatic rings. The van der Waals surface area contributed by atoms with Gasteiger partial charge in [0.05, 0.1) is 4.90 Å². The monoisotopic (exact) mass is 246 g/mol. The predicted octanol–water partition coefficient (Wildman–Crippen LogP) is 2.33. The molecule has 0 amide bonds. The van der Waals surface area contributed by atoms with Crippen LogP contribution < -0.4 is 0 Å². The summed E-state index contributed by atoms with van der Waals surface area (Å²) in [7, 11) is -3.24. The number of benzene rings is 1. The van der Waals surface area contributed by atoms with E-state index >= 15 is 0 Å². The van der Waals surface area contributed by atoms with Crippen molar-refractivity contribution >= 4 is 25.8 Å². The molecule has 1 aromatic carbocycles. The summed E-state index contributed by atoms with van der Waals surface area (Å²) in [6.07, 6.45) is 0. The Balaban J connectivity index is 3.16. The van der Waals surface area contributed by atoms with Crippen molar-refractivity contribution in [2.24, 2.45) is 0 Å². The highest BCUT2D eigenvalue weighted by Crippen LogP contribution is 2.11. The molecule has 0 heterocycles. The molecule has 0 atom stereocenters. The van der Waals surface area contributed by atoms with Crippen LogP contribution in [0.2, 0.25) is 0 Å². The molecule has 0 N–H and O–H groups in total. The van der Waals surface area contributed by atoms with E-state index in [0.717, 1.165) is 5.41 Å². The van der Waals surface area contributed by atoms with Gasteiger partial charge in [0, 0.05) is 5.41 Å². The van der Waals surface area contributed by atoms with Crippen LogP contribution in [0.3, 0.4) is 0 Å². The van der Waals surface area contributed by atoms with Crippen molar-refractivity contribution in [1.82, 2.24) is 0 Å². The summed E-state index contributed by atoms with van der Waals surface area (Å²) in [5.41, 5.74) is 0. The van der Waals surface area contributed by atoms with Gasteiger partial charge in [-0.1, -0.05) is 34.1 Å². The lowest BCUT2D eigenvalue weighted by Gasteiger charge is -1.95. The fourth-order valence-corrected chi connectivity index (χ4v) is 2.44. The maximum absolute atomic E-state index is 11.3. The van der Waals surface area contributed by atoms with E-state index < -0.39 is 9.84 Å². The van der Waals surface area contributed by atoms with E-state index in [1.54, 1.807) is 30.3 Å². The average Bonchev–Trinajstić information content (AvgIpc) is 2.06. The first-order valence-corrected chi connectivity index (χ1v) is 5.70. The van der Waals surface area contributed by atoms with Crippen LogP contribution in [0.25, 0.3) is 0 Å². The molecular weight excluding hydrogens is 240 g/mol. The van der Waals surface area contributed by atoms with E-state index in [2.05, 4.69) is 15.9 Å². The molecule has 4 heteroatoms. The number of hydrogen-bond acceptors (Lipinski definition) is 2. The normalized spacial score (nSPS) is 12.1. The smallest absolute Gasteiger partial charge is 0.200 e. The van der Waals surface area contributed by atoms with Gasteiger partial charge in [-0.05, 0) is 17.1 Å². The molecule has 12 heavy (non-hydrogen) atoms. The van der Waals surface area contributed by atoms with Crippen molar-refractivity contribution in [2.75, 3.05) is 0 Å². The van der Waals surface area contributed by atoms with E-state index in [-0.39, 0.29) is 0 Å². The van der Waals surface area contributed by atoms with Crippen molar-refractivity contribution in [2.45, 2.75) is 4.90 Å². The number of hydrogen-bond donors (Lipinski definition) is 0. The second kappa shape index (κ2) is 3.87. The lowest BCUT2D eigenvalue weighted by atomic mass is 10.4. The van der Waals surface area contributed by atoms with Crippen LogP contribution in [0.15, 0.2) is 45.6 Å². The van der Waals surface area contributed by atoms with Crippen molar-refractivity contribution < 1.29 is 8.42 Å². The summed E-state index contributed by atoms with van der Waals surface area (Å²) >= 11 is 2.92. The lowest BCUT2D eigenvalue weighted by molar-refractivity contribution is 0.604. The summed E-state index contributed by atoms with van der Waals surface area (Å²) in [5, 5.41) is 1.11. The Kier molecular flexibility index (Phi) is 3.05. The van der Waals surface area contributed by atoms with Crippen molar-refractivity contribution in [3.63, 3.8) is 0 Å². The van der Waals surface area contributed by atoms with Crippen molar-refractivity contribution in [3.8, 4) is 0 Å². The van der Waals surface area contributed by atoms with Gasteiger partial charge in [0.2, 0.25) is 0 Å². The van der Waals surface area contributed by atoms with Gasteiger partial charge in [-0.15, -0.1) is 0 Å². The maximum Gasteiger partial charge on any atom is 0.200 e. The second-order valence-electron chi connectivity index (χ2n) is 2.12. The molecule has 0 saturated carbocycles. The fraction of sp³-hybridized carbons (Fsp3) is 0. The molecule has 0 unspecified atom stereocenters. The van der Waals surface area contributed by atoms with Gasteiger partial charge in [0.15, 0.2) is 9.84 Å². The van der Waals surface area contributed by atoms with Gasteiger partial charge in [-0.2, -0.15) is 0 Å². The first-order chi connectivity index (χ1) is 5.67. The summed E-state index contributed by atoms with van der Waals surface area (Å²) in [6, 6.07) is 8.27. The minimum atomic E-state index is -3.24. The van der Waals surface area contributed by atoms with E-state index in [4.69, 9.17) is 0 Å². The molecule has 64 valence electrons. The highest BCUT2D eigenvalue weighted by molar-refractivity contribution is 9.11. The highest BCUT2D eigenvalue weighted by Gasteiger charge is 2.07. The zero-order valence-corrected chi connectivity index (χ0v) is 8.55. The standard InChI is InChI=1S/C8H7BrO2S/c9-6-7-12(10,11)8-4-2-1-3-5-8/h1-7H/b7-6+. The Bertz CT molecular complexity index is 367. The molecular formula is C8H7BrO2S. The fourth-order valence-electron chi connectivity index (χ4n) is 0.756. The van der Waals surface area contributed by atoms with Gasteiger partial charge in [0.1, 0.15) is 0 Å². The van der Waals surface area contributed by atoms with Crippen LogP contribution in [0.4, 0.5) is 0 Å². The molecule has 0 aliphatic rings. The van der Waals surface area contributed by atoms with Crippen molar-refractivity contribution in [1.29, 1.82) is 0 Å². The highest BCUT2D eigenvalue weighted by atomic mass is 79.9. The van der Waals surface area contributed by atoms with Crippen LogP contribution in [-0.4, -0.2) is 8.42 Å². The first kappa shape index (κ1) is 9.48. The first-order valence-electron chi connectivity index (χ1n) is 3.24. The summed E-state index contributed by atoms with van der Waals surface area (Å²) in [4.78, 5) is 1.63. The van der Waals surface area contributed by atoms with E-state index in [1.807, 2.05) is 0 Å². The Labute approximate surface area is 80.0 Å². The molecule has 0 aliphatic carbocycles. The third-order valence-corrected chi connectivity index (χ3v) is 3.34. The molecule has 0 aliphatic heterocycles. The van der Waals surface area contributed by atoms with Gasteiger partial charge in [-0.25, -0.2) is 8.42 Å². The minimum Gasteiger partial charge on any atom is -0.219 e. The molecule has 0 bridgehead atoms. The van der Waals surface area contributed by atoms with Crippen LogP contribution in [0.5, 0.6) is 0 Å². The number of sulfone groups is 1.